The highest BCUT2D eigenvalue weighted by molar-refractivity contribution is 6.40. The van der Waals surface area contributed by atoms with E-state index in [1.807, 2.05) is 13.0 Å². The molecule has 0 aliphatic heterocycles. The molecule has 0 saturated carbocycles. The molecule has 1 amide bonds. The van der Waals surface area contributed by atoms with E-state index >= 15 is 0 Å². The van der Waals surface area contributed by atoms with Crippen LogP contribution in [0.3, 0.4) is 0 Å². The van der Waals surface area contributed by atoms with Crippen molar-refractivity contribution in [3.8, 4) is 6.07 Å². The lowest BCUT2D eigenvalue weighted by Gasteiger charge is -2.11. The van der Waals surface area contributed by atoms with E-state index in [0.717, 1.165) is 5.56 Å². The first-order valence-electron chi connectivity index (χ1n) is 5.79. The first-order valence-corrected chi connectivity index (χ1v) is 6.54. The number of hydrogen-bond acceptors (Lipinski definition) is 2. The summed E-state index contributed by atoms with van der Waals surface area (Å²) in [5.41, 5.74) is 1.98. The Morgan fingerprint density at radius 2 is 2.00 bits per heavy atom. The number of amides is 1. The number of anilines is 1. The average molecular weight is 305 g/mol. The van der Waals surface area contributed by atoms with Crippen molar-refractivity contribution < 1.29 is 4.79 Å². The molecule has 20 heavy (non-hydrogen) atoms. The second-order valence-corrected chi connectivity index (χ2v) is 4.99. The van der Waals surface area contributed by atoms with Gasteiger partial charge in [-0.3, -0.25) is 4.79 Å². The highest BCUT2D eigenvalue weighted by Crippen LogP contribution is 2.33. The van der Waals surface area contributed by atoms with E-state index in [2.05, 4.69) is 5.32 Å². The van der Waals surface area contributed by atoms with E-state index in [-0.39, 0.29) is 5.91 Å². The summed E-state index contributed by atoms with van der Waals surface area (Å²) in [6.45, 7) is 1.82. The van der Waals surface area contributed by atoms with Gasteiger partial charge in [-0.25, -0.2) is 0 Å². The SMILES string of the molecule is Cc1ccc(Cl)c(NC(=O)c2cccc(C#N)c2)c1Cl. The number of carbonyl (C=O) groups excluding carboxylic acids is 1. The average Bonchev–Trinajstić information content (AvgIpc) is 2.47. The Bertz CT molecular complexity index is 720. The van der Waals surface area contributed by atoms with Gasteiger partial charge in [0.2, 0.25) is 0 Å². The van der Waals surface area contributed by atoms with Crippen molar-refractivity contribution >= 4 is 34.8 Å². The zero-order valence-corrected chi connectivity index (χ0v) is 12.1. The summed E-state index contributed by atoms with van der Waals surface area (Å²) in [7, 11) is 0. The third-order valence-electron chi connectivity index (χ3n) is 2.78. The molecule has 0 atom stereocenters. The molecule has 0 spiro atoms. The molecule has 5 heteroatoms. The van der Waals surface area contributed by atoms with Gasteiger partial charge in [-0.1, -0.05) is 35.3 Å². The van der Waals surface area contributed by atoms with Gasteiger partial charge >= 0.3 is 0 Å². The molecule has 0 aromatic heterocycles. The normalized spacial score (nSPS) is 9.90. The summed E-state index contributed by atoms with van der Waals surface area (Å²) in [5.74, 6) is -0.364. The van der Waals surface area contributed by atoms with E-state index < -0.39 is 0 Å². The van der Waals surface area contributed by atoms with Crippen LogP contribution >= 0.6 is 23.2 Å². The van der Waals surface area contributed by atoms with E-state index in [1.54, 1.807) is 30.3 Å². The lowest BCUT2D eigenvalue weighted by molar-refractivity contribution is 0.102. The maximum Gasteiger partial charge on any atom is 0.255 e. The molecule has 0 aliphatic carbocycles. The van der Waals surface area contributed by atoms with Crippen LogP contribution < -0.4 is 5.32 Å². The number of nitriles is 1. The molecule has 0 bridgehead atoms. The molecule has 3 nitrogen and oxygen atoms in total. The molecular weight excluding hydrogens is 295 g/mol. The summed E-state index contributed by atoms with van der Waals surface area (Å²) >= 11 is 12.2. The topological polar surface area (TPSA) is 52.9 Å². The van der Waals surface area contributed by atoms with Gasteiger partial charge in [0.15, 0.2) is 0 Å². The molecule has 0 saturated heterocycles. The van der Waals surface area contributed by atoms with Crippen molar-refractivity contribution in [2.24, 2.45) is 0 Å². The Morgan fingerprint density at radius 1 is 1.25 bits per heavy atom. The standard InChI is InChI=1S/C15H10Cl2N2O/c1-9-5-6-12(16)14(13(9)17)19-15(20)11-4-2-3-10(7-11)8-18/h2-7H,1H3,(H,19,20). The van der Waals surface area contributed by atoms with Crippen LogP contribution in [-0.4, -0.2) is 5.91 Å². The van der Waals surface area contributed by atoms with Crippen molar-refractivity contribution in [3.05, 3.63) is 63.1 Å². The zero-order chi connectivity index (χ0) is 14.7. The smallest absolute Gasteiger partial charge is 0.255 e. The summed E-state index contributed by atoms with van der Waals surface area (Å²) in [5, 5.41) is 12.3. The molecule has 2 rings (SSSR count). The van der Waals surface area contributed by atoms with Gasteiger partial charge in [-0.15, -0.1) is 0 Å². The number of benzene rings is 2. The molecule has 0 heterocycles. The molecule has 2 aromatic carbocycles. The van der Waals surface area contributed by atoms with E-state index in [1.165, 1.54) is 6.07 Å². The number of halogens is 2. The summed E-state index contributed by atoms with van der Waals surface area (Å²) in [6, 6.07) is 11.8. The Balaban J connectivity index is 2.33. The van der Waals surface area contributed by atoms with Gasteiger partial charge < -0.3 is 5.32 Å². The number of hydrogen-bond donors (Lipinski definition) is 1. The predicted octanol–water partition coefficient (Wildman–Crippen LogP) is 4.43. The van der Waals surface area contributed by atoms with Gasteiger partial charge in [-0.2, -0.15) is 5.26 Å². The fraction of sp³-hybridized carbons (Fsp3) is 0.0667. The van der Waals surface area contributed by atoms with Crippen LogP contribution in [0.1, 0.15) is 21.5 Å². The maximum atomic E-state index is 12.2. The molecule has 2 aromatic rings. The highest BCUT2D eigenvalue weighted by Gasteiger charge is 2.13. The largest absolute Gasteiger partial charge is 0.319 e. The lowest BCUT2D eigenvalue weighted by Crippen LogP contribution is -2.13. The molecule has 0 aliphatic rings. The third-order valence-corrected chi connectivity index (χ3v) is 3.58. The summed E-state index contributed by atoms with van der Waals surface area (Å²) < 4.78 is 0. The Morgan fingerprint density at radius 3 is 2.70 bits per heavy atom. The second-order valence-electron chi connectivity index (χ2n) is 4.20. The van der Waals surface area contributed by atoms with Crippen LogP contribution in [-0.2, 0) is 0 Å². The van der Waals surface area contributed by atoms with Gasteiger partial charge in [-0.05, 0) is 36.8 Å². The van der Waals surface area contributed by atoms with Crippen molar-refractivity contribution in [1.29, 1.82) is 5.26 Å². The van der Waals surface area contributed by atoms with Gasteiger partial charge in [0, 0.05) is 5.56 Å². The van der Waals surface area contributed by atoms with Crippen LogP contribution in [0.25, 0.3) is 0 Å². The Labute approximate surface area is 126 Å². The van der Waals surface area contributed by atoms with Crippen LogP contribution in [0.2, 0.25) is 10.0 Å². The van der Waals surface area contributed by atoms with Crippen LogP contribution in [0.5, 0.6) is 0 Å². The fourth-order valence-corrected chi connectivity index (χ4v) is 2.15. The molecular formula is C15H10Cl2N2O. The zero-order valence-electron chi connectivity index (χ0n) is 10.6. The van der Waals surface area contributed by atoms with Crippen LogP contribution in [0, 0.1) is 18.3 Å². The number of carbonyl (C=O) groups is 1. The maximum absolute atomic E-state index is 12.2. The second kappa shape index (κ2) is 5.96. The summed E-state index contributed by atoms with van der Waals surface area (Å²) in [4.78, 5) is 12.2. The molecule has 0 radical (unpaired) electrons. The number of aryl methyl sites for hydroxylation is 1. The van der Waals surface area contributed by atoms with Crippen molar-refractivity contribution in [2.45, 2.75) is 6.92 Å². The lowest BCUT2D eigenvalue weighted by atomic mass is 10.1. The molecule has 100 valence electrons. The first kappa shape index (κ1) is 14.4. The van der Waals surface area contributed by atoms with E-state index in [4.69, 9.17) is 28.5 Å². The Hall–Kier alpha value is -2.02. The van der Waals surface area contributed by atoms with Gasteiger partial charge in [0.1, 0.15) is 0 Å². The van der Waals surface area contributed by atoms with E-state index in [0.29, 0.717) is 26.9 Å². The fourth-order valence-electron chi connectivity index (χ4n) is 1.69. The first-order chi connectivity index (χ1) is 9.52. The number of nitrogens with one attached hydrogen (secondary N) is 1. The molecule has 0 unspecified atom stereocenters. The van der Waals surface area contributed by atoms with Gasteiger partial charge in [0.05, 0.1) is 27.4 Å². The monoisotopic (exact) mass is 304 g/mol. The molecule has 1 N–H and O–H groups in total. The third kappa shape index (κ3) is 2.93. The number of nitrogens with zero attached hydrogens (tertiary/aromatic N) is 1. The van der Waals surface area contributed by atoms with Crippen molar-refractivity contribution in [1.82, 2.24) is 0 Å². The van der Waals surface area contributed by atoms with Crippen LogP contribution in [0.15, 0.2) is 36.4 Å². The highest BCUT2D eigenvalue weighted by atomic mass is 35.5. The minimum Gasteiger partial charge on any atom is -0.319 e. The number of rotatable bonds is 2. The quantitative estimate of drug-likeness (QED) is 0.892. The molecule has 0 fully saturated rings. The summed E-state index contributed by atoms with van der Waals surface area (Å²) in [6.07, 6.45) is 0. The van der Waals surface area contributed by atoms with Crippen molar-refractivity contribution in [2.75, 3.05) is 5.32 Å². The minimum absolute atomic E-state index is 0.364. The van der Waals surface area contributed by atoms with Crippen molar-refractivity contribution in [3.63, 3.8) is 0 Å². The Kier molecular flexibility index (Phi) is 4.29. The minimum atomic E-state index is -0.364. The van der Waals surface area contributed by atoms with Crippen LogP contribution in [0.4, 0.5) is 5.69 Å². The van der Waals surface area contributed by atoms with Gasteiger partial charge in [0.25, 0.3) is 5.91 Å². The predicted molar refractivity (Wildman–Crippen MR) is 80.3 cm³/mol. The van der Waals surface area contributed by atoms with E-state index in [9.17, 15) is 4.79 Å².